The highest BCUT2D eigenvalue weighted by Crippen LogP contribution is 2.38. The van der Waals surface area contributed by atoms with Gasteiger partial charge in [-0.15, -0.1) is 0 Å². The van der Waals surface area contributed by atoms with Crippen LogP contribution in [0.25, 0.3) is 0 Å². The number of hydrogen-bond donors (Lipinski definition) is 1. The van der Waals surface area contributed by atoms with E-state index in [0.29, 0.717) is 18.7 Å². The number of benzene rings is 1. The Balaban J connectivity index is 2.04. The quantitative estimate of drug-likeness (QED) is 0.923. The first-order valence-corrected chi connectivity index (χ1v) is 8.39. The smallest absolute Gasteiger partial charge is 0.308 e. The molecule has 132 valence electrons. The second kappa shape index (κ2) is 6.70. The third-order valence-corrected chi connectivity index (χ3v) is 4.92. The molecule has 1 fully saturated rings. The average molecular weight is 342 g/mol. The Morgan fingerprint density at radius 2 is 2.12 bits per heavy atom. The SMILES string of the molecule is Cc1cccc([C@@H]2[C@@H](C(=O)O)CCC(=O)N2Cc2c(C)noc2C)c1. The summed E-state index contributed by atoms with van der Waals surface area (Å²) in [6.45, 7) is 5.90. The second-order valence-electron chi connectivity index (χ2n) is 6.67. The number of carbonyl (C=O) groups excluding carboxylic acids is 1. The zero-order valence-electron chi connectivity index (χ0n) is 14.7. The molecule has 1 amide bonds. The van der Waals surface area contributed by atoms with Crippen molar-refractivity contribution in [2.45, 2.75) is 46.2 Å². The summed E-state index contributed by atoms with van der Waals surface area (Å²) >= 11 is 0. The molecule has 0 unspecified atom stereocenters. The summed E-state index contributed by atoms with van der Waals surface area (Å²) in [5.41, 5.74) is 3.46. The number of aryl methyl sites for hydroxylation is 3. The van der Waals surface area contributed by atoms with E-state index in [1.54, 1.807) is 11.8 Å². The zero-order valence-corrected chi connectivity index (χ0v) is 14.7. The summed E-state index contributed by atoms with van der Waals surface area (Å²) in [5, 5.41) is 13.7. The molecule has 1 saturated heterocycles. The monoisotopic (exact) mass is 342 g/mol. The van der Waals surface area contributed by atoms with Crippen molar-refractivity contribution in [3.63, 3.8) is 0 Å². The van der Waals surface area contributed by atoms with E-state index in [1.807, 2.05) is 38.1 Å². The highest BCUT2D eigenvalue weighted by molar-refractivity contribution is 5.81. The van der Waals surface area contributed by atoms with Crippen molar-refractivity contribution in [2.24, 2.45) is 5.92 Å². The lowest BCUT2D eigenvalue weighted by molar-refractivity contribution is -0.152. The number of likely N-dealkylation sites (tertiary alicyclic amines) is 1. The predicted molar refractivity (Wildman–Crippen MR) is 90.8 cm³/mol. The standard InChI is InChI=1S/C19H22N2O4/c1-11-5-4-6-14(9-11)18-15(19(23)24)7-8-17(22)21(18)10-16-12(2)20-25-13(16)3/h4-6,9,15,18H,7-8,10H2,1-3H3,(H,23,24)/t15-,18+/m0/s1. The first-order chi connectivity index (χ1) is 11.9. The molecule has 6 nitrogen and oxygen atoms in total. The van der Waals surface area contributed by atoms with Gasteiger partial charge in [0.05, 0.1) is 24.2 Å². The number of hydrogen-bond acceptors (Lipinski definition) is 4. The summed E-state index contributed by atoms with van der Waals surface area (Å²) in [4.78, 5) is 26.2. The fourth-order valence-electron chi connectivity index (χ4n) is 3.56. The van der Waals surface area contributed by atoms with Gasteiger partial charge in [0, 0.05) is 12.0 Å². The van der Waals surface area contributed by atoms with Crippen LogP contribution in [0.3, 0.4) is 0 Å². The van der Waals surface area contributed by atoms with Crippen molar-refractivity contribution in [2.75, 3.05) is 0 Å². The van der Waals surface area contributed by atoms with Gasteiger partial charge in [0.2, 0.25) is 5.91 Å². The van der Waals surface area contributed by atoms with Gasteiger partial charge in [0.25, 0.3) is 0 Å². The molecule has 1 aliphatic heterocycles. The van der Waals surface area contributed by atoms with Gasteiger partial charge < -0.3 is 14.5 Å². The molecule has 2 heterocycles. The van der Waals surface area contributed by atoms with Crippen molar-refractivity contribution >= 4 is 11.9 Å². The van der Waals surface area contributed by atoms with E-state index < -0.39 is 17.9 Å². The Bertz CT molecular complexity index is 792. The van der Waals surface area contributed by atoms with Gasteiger partial charge in [-0.1, -0.05) is 35.0 Å². The maximum absolute atomic E-state index is 12.7. The summed E-state index contributed by atoms with van der Waals surface area (Å²) in [6.07, 6.45) is 0.591. The molecule has 1 aromatic carbocycles. The number of rotatable bonds is 4. The largest absolute Gasteiger partial charge is 0.481 e. The third-order valence-electron chi connectivity index (χ3n) is 4.92. The van der Waals surface area contributed by atoms with E-state index >= 15 is 0 Å². The molecule has 0 aliphatic carbocycles. The Hall–Kier alpha value is -2.63. The Morgan fingerprint density at radius 1 is 1.36 bits per heavy atom. The van der Waals surface area contributed by atoms with E-state index in [1.165, 1.54) is 0 Å². The van der Waals surface area contributed by atoms with Gasteiger partial charge >= 0.3 is 5.97 Å². The van der Waals surface area contributed by atoms with Crippen LogP contribution in [0.4, 0.5) is 0 Å². The van der Waals surface area contributed by atoms with Crippen LogP contribution in [0.5, 0.6) is 0 Å². The van der Waals surface area contributed by atoms with Gasteiger partial charge in [-0.3, -0.25) is 9.59 Å². The minimum absolute atomic E-state index is 0.0380. The number of aliphatic carboxylic acids is 1. The predicted octanol–water partition coefficient (Wildman–Crippen LogP) is 3.16. The van der Waals surface area contributed by atoms with E-state index in [-0.39, 0.29) is 12.3 Å². The first kappa shape index (κ1) is 17.2. The van der Waals surface area contributed by atoms with Gasteiger partial charge in [-0.2, -0.15) is 0 Å². The number of nitrogens with zero attached hydrogens (tertiary/aromatic N) is 2. The van der Waals surface area contributed by atoms with Crippen LogP contribution in [0.1, 0.15) is 47.0 Å². The summed E-state index contributed by atoms with van der Waals surface area (Å²) in [5.74, 6) is -0.877. The molecule has 0 spiro atoms. The van der Waals surface area contributed by atoms with Crippen LogP contribution in [0, 0.1) is 26.7 Å². The first-order valence-electron chi connectivity index (χ1n) is 8.39. The highest BCUT2D eigenvalue weighted by Gasteiger charge is 2.41. The van der Waals surface area contributed by atoms with E-state index in [0.717, 1.165) is 22.4 Å². The number of carboxylic acid groups (broad SMARTS) is 1. The maximum Gasteiger partial charge on any atom is 0.308 e. The van der Waals surface area contributed by atoms with Crippen LogP contribution in [-0.2, 0) is 16.1 Å². The van der Waals surface area contributed by atoms with Crippen LogP contribution in [0.2, 0.25) is 0 Å². The summed E-state index contributed by atoms with van der Waals surface area (Å²) < 4.78 is 5.20. The van der Waals surface area contributed by atoms with Crippen LogP contribution in [0.15, 0.2) is 28.8 Å². The molecule has 2 atom stereocenters. The molecule has 1 N–H and O–H groups in total. The normalized spacial score (nSPS) is 20.8. The molecule has 25 heavy (non-hydrogen) atoms. The summed E-state index contributed by atoms with van der Waals surface area (Å²) in [7, 11) is 0. The lowest BCUT2D eigenvalue weighted by atomic mass is 9.83. The Morgan fingerprint density at radius 3 is 2.72 bits per heavy atom. The van der Waals surface area contributed by atoms with Crippen molar-refractivity contribution in [3.8, 4) is 0 Å². The minimum atomic E-state index is -0.872. The van der Waals surface area contributed by atoms with Crippen molar-refractivity contribution in [3.05, 3.63) is 52.4 Å². The Kier molecular flexibility index (Phi) is 4.61. The van der Waals surface area contributed by atoms with E-state index in [4.69, 9.17) is 4.52 Å². The topological polar surface area (TPSA) is 83.6 Å². The maximum atomic E-state index is 12.7. The molecule has 3 rings (SSSR count). The van der Waals surface area contributed by atoms with Gasteiger partial charge in [0.1, 0.15) is 5.76 Å². The molecule has 0 saturated carbocycles. The number of aromatic nitrogens is 1. The highest BCUT2D eigenvalue weighted by atomic mass is 16.5. The number of amides is 1. The molecule has 2 aromatic rings. The van der Waals surface area contributed by atoms with Crippen LogP contribution in [-0.4, -0.2) is 27.0 Å². The average Bonchev–Trinajstić information content (AvgIpc) is 2.88. The molecule has 0 radical (unpaired) electrons. The molecular formula is C19H22N2O4. The fraction of sp³-hybridized carbons (Fsp3) is 0.421. The van der Waals surface area contributed by atoms with Gasteiger partial charge in [-0.25, -0.2) is 0 Å². The molecule has 1 aromatic heterocycles. The molecule has 6 heteroatoms. The van der Waals surface area contributed by atoms with Gasteiger partial charge in [-0.05, 0) is 32.8 Å². The fourth-order valence-corrected chi connectivity index (χ4v) is 3.56. The number of carboxylic acids is 1. The minimum Gasteiger partial charge on any atom is -0.481 e. The van der Waals surface area contributed by atoms with Crippen LogP contribution < -0.4 is 0 Å². The number of carbonyl (C=O) groups is 2. The Labute approximate surface area is 146 Å². The van der Waals surface area contributed by atoms with Crippen molar-refractivity contribution < 1.29 is 19.2 Å². The molecular weight excluding hydrogens is 320 g/mol. The van der Waals surface area contributed by atoms with E-state index in [2.05, 4.69) is 5.16 Å². The molecule has 1 aliphatic rings. The molecule has 0 bridgehead atoms. The van der Waals surface area contributed by atoms with Crippen molar-refractivity contribution in [1.29, 1.82) is 0 Å². The van der Waals surface area contributed by atoms with Crippen molar-refractivity contribution in [1.82, 2.24) is 10.1 Å². The summed E-state index contributed by atoms with van der Waals surface area (Å²) in [6, 6.07) is 7.22. The zero-order chi connectivity index (χ0) is 18.1. The lowest BCUT2D eigenvalue weighted by Gasteiger charge is -2.40. The third kappa shape index (κ3) is 3.29. The van der Waals surface area contributed by atoms with Gasteiger partial charge in [0.15, 0.2) is 0 Å². The lowest BCUT2D eigenvalue weighted by Crippen LogP contribution is -2.45. The number of piperidine rings is 1. The second-order valence-corrected chi connectivity index (χ2v) is 6.67. The van der Waals surface area contributed by atoms with Crippen LogP contribution >= 0.6 is 0 Å². The van der Waals surface area contributed by atoms with E-state index in [9.17, 15) is 14.7 Å².